The number of anilines is 1. The SMILES string of the molecule is O=C(O)c1sc(N2CCOCC2)nc1Cl. The number of carboxylic acid groups (broad SMARTS) is 1. The number of carbonyl (C=O) groups is 1. The van der Waals surface area contributed by atoms with E-state index in [0.29, 0.717) is 18.3 Å². The Morgan fingerprint density at radius 2 is 2.20 bits per heavy atom. The highest BCUT2D eigenvalue weighted by Gasteiger charge is 2.20. The van der Waals surface area contributed by atoms with Crippen LogP contribution in [0, 0.1) is 0 Å². The monoisotopic (exact) mass is 248 g/mol. The largest absolute Gasteiger partial charge is 0.477 e. The molecule has 1 saturated heterocycles. The number of thiazole rings is 1. The Kier molecular flexibility index (Phi) is 3.08. The molecule has 0 unspecified atom stereocenters. The number of aromatic carboxylic acids is 1. The van der Waals surface area contributed by atoms with Gasteiger partial charge in [-0.25, -0.2) is 9.78 Å². The molecule has 0 aliphatic carbocycles. The summed E-state index contributed by atoms with van der Waals surface area (Å²) in [6, 6.07) is 0. The molecule has 1 aliphatic rings. The number of hydrogen-bond acceptors (Lipinski definition) is 5. The van der Waals surface area contributed by atoms with Crippen LogP contribution >= 0.6 is 22.9 Å². The highest BCUT2D eigenvalue weighted by molar-refractivity contribution is 7.18. The molecule has 1 aromatic heterocycles. The smallest absolute Gasteiger partial charge is 0.349 e. The fourth-order valence-corrected chi connectivity index (χ4v) is 2.49. The Hall–Kier alpha value is -0.850. The molecule has 0 spiro atoms. The fourth-order valence-electron chi connectivity index (χ4n) is 1.31. The third kappa shape index (κ3) is 2.22. The second-order valence-corrected chi connectivity index (χ2v) is 4.36. The van der Waals surface area contributed by atoms with Gasteiger partial charge in [0.15, 0.2) is 15.2 Å². The van der Waals surface area contributed by atoms with Crippen LogP contribution in [0.5, 0.6) is 0 Å². The fraction of sp³-hybridized carbons (Fsp3) is 0.500. The molecule has 0 saturated carbocycles. The topological polar surface area (TPSA) is 62.7 Å². The summed E-state index contributed by atoms with van der Waals surface area (Å²) in [5, 5.41) is 9.54. The zero-order valence-electron chi connectivity index (χ0n) is 7.77. The van der Waals surface area contributed by atoms with Crippen molar-refractivity contribution in [3.05, 3.63) is 10.0 Å². The maximum atomic E-state index is 10.8. The van der Waals surface area contributed by atoms with E-state index in [2.05, 4.69) is 4.98 Å². The zero-order valence-corrected chi connectivity index (χ0v) is 9.35. The molecule has 1 N–H and O–H groups in total. The highest BCUT2D eigenvalue weighted by Crippen LogP contribution is 2.29. The summed E-state index contributed by atoms with van der Waals surface area (Å²) in [5.74, 6) is -1.03. The normalized spacial score (nSPS) is 16.7. The number of halogens is 1. The zero-order chi connectivity index (χ0) is 10.8. The maximum Gasteiger partial charge on any atom is 0.349 e. The van der Waals surface area contributed by atoms with Gasteiger partial charge in [-0.1, -0.05) is 22.9 Å². The molecule has 0 atom stereocenters. The van der Waals surface area contributed by atoms with Gasteiger partial charge in [0.2, 0.25) is 0 Å². The van der Waals surface area contributed by atoms with E-state index in [1.54, 1.807) is 0 Å². The van der Waals surface area contributed by atoms with E-state index in [4.69, 9.17) is 21.4 Å². The number of nitrogens with zero attached hydrogens (tertiary/aromatic N) is 2. The van der Waals surface area contributed by atoms with E-state index in [1.165, 1.54) is 0 Å². The first-order chi connectivity index (χ1) is 7.18. The van der Waals surface area contributed by atoms with Gasteiger partial charge in [0.1, 0.15) is 0 Å². The molecule has 0 amide bonds. The molecular formula is C8H9ClN2O3S. The van der Waals surface area contributed by atoms with Gasteiger partial charge >= 0.3 is 5.97 Å². The van der Waals surface area contributed by atoms with Crippen LogP contribution in [-0.2, 0) is 4.74 Å². The van der Waals surface area contributed by atoms with Crippen molar-refractivity contribution in [1.82, 2.24) is 4.98 Å². The van der Waals surface area contributed by atoms with E-state index in [1.807, 2.05) is 4.90 Å². The molecule has 2 rings (SSSR count). The van der Waals surface area contributed by atoms with Crippen LogP contribution in [0.3, 0.4) is 0 Å². The first-order valence-corrected chi connectivity index (χ1v) is 5.60. The van der Waals surface area contributed by atoms with Gasteiger partial charge in [-0.15, -0.1) is 0 Å². The predicted molar refractivity (Wildman–Crippen MR) is 57.1 cm³/mol. The summed E-state index contributed by atoms with van der Waals surface area (Å²) in [4.78, 5) is 16.9. The Balaban J connectivity index is 2.21. The lowest BCUT2D eigenvalue weighted by Crippen LogP contribution is -2.36. The summed E-state index contributed by atoms with van der Waals surface area (Å²) >= 11 is 6.82. The summed E-state index contributed by atoms with van der Waals surface area (Å²) in [6.07, 6.45) is 0. The van der Waals surface area contributed by atoms with Crippen LogP contribution in [0.15, 0.2) is 0 Å². The third-order valence-electron chi connectivity index (χ3n) is 2.05. The van der Waals surface area contributed by atoms with Crippen molar-refractivity contribution >= 4 is 34.0 Å². The number of carboxylic acids is 1. The molecule has 15 heavy (non-hydrogen) atoms. The summed E-state index contributed by atoms with van der Waals surface area (Å²) in [7, 11) is 0. The first kappa shape index (κ1) is 10.7. The Morgan fingerprint density at radius 1 is 1.53 bits per heavy atom. The third-order valence-corrected chi connectivity index (χ3v) is 3.54. The summed E-state index contributed by atoms with van der Waals surface area (Å²) < 4.78 is 5.19. The van der Waals surface area contributed by atoms with Crippen molar-refractivity contribution in [3.8, 4) is 0 Å². The molecule has 5 nitrogen and oxygen atoms in total. The summed E-state index contributed by atoms with van der Waals surface area (Å²) in [5.41, 5.74) is 0. The molecule has 2 heterocycles. The quantitative estimate of drug-likeness (QED) is 0.856. The number of aromatic nitrogens is 1. The van der Waals surface area contributed by atoms with Gasteiger partial charge in [-0.2, -0.15) is 0 Å². The predicted octanol–water partition coefficient (Wildman–Crippen LogP) is 1.33. The van der Waals surface area contributed by atoms with Crippen LogP contribution in [0.4, 0.5) is 5.13 Å². The van der Waals surface area contributed by atoms with Gasteiger partial charge in [-0.3, -0.25) is 0 Å². The van der Waals surface area contributed by atoms with Crippen LogP contribution in [-0.4, -0.2) is 42.4 Å². The Morgan fingerprint density at radius 3 is 2.73 bits per heavy atom. The molecule has 0 bridgehead atoms. The van der Waals surface area contributed by atoms with Crippen LogP contribution < -0.4 is 4.90 Å². The van der Waals surface area contributed by atoms with Gasteiger partial charge in [-0.05, 0) is 0 Å². The van der Waals surface area contributed by atoms with Crippen molar-refractivity contribution < 1.29 is 14.6 Å². The number of rotatable bonds is 2. The molecule has 1 aromatic rings. The maximum absolute atomic E-state index is 10.8. The molecule has 82 valence electrons. The Bertz CT molecular complexity index is 376. The number of hydrogen-bond donors (Lipinski definition) is 1. The van der Waals surface area contributed by atoms with Gasteiger partial charge in [0.05, 0.1) is 13.2 Å². The number of ether oxygens (including phenoxy) is 1. The van der Waals surface area contributed by atoms with Gasteiger partial charge in [0.25, 0.3) is 0 Å². The van der Waals surface area contributed by atoms with Crippen LogP contribution in [0.1, 0.15) is 9.67 Å². The molecule has 0 radical (unpaired) electrons. The van der Waals surface area contributed by atoms with Crippen molar-refractivity contribution in [1.29, 1.82) is 0 Å². The average molecular weight is 249 g/mol. The second kappa shape index (κ2) is 4.34. The minimum absolute atomic E-state index is 0.0639. The lowest BCUT2D eigenvalue weighted by Gasteiger charge is -2.25. The van der Waals surface area contributed by atoms with Crippen molar-refractivity contribution in [2.75, 3.05) is 31.2 Å². The molecule has 0 aromatic carbocycles. The minimum atomic E-state index is -1.03. The molecule has 1 aliphatic heterocycles. The van der Waals surface area contributed by atoms with Gasteiger partial charge < -0.3 is 14.7 Å². The van der Waals surface area contributed by atoms with E-state index in [9.17, 15) is 4.79 Å². The first-order valence-electron chi connectivity index (χ1n) is 4.41. The molecule has 1 fully saturated rings. The minimum Gasteiger partial charge on any atom is -0.477 e. The lowest BCUT2D eigenvalue weighted by molar-refractivity contribution is 0.0702. The van der Waals surface area contributed by atoms with Gasteiger partial charge in [0, 0.05) is 13.1 Å². The number of morpholine rings is 1. The summed E-state index contributed by atoms with van der Waals surface area (Å²) in [6.45, 7) is 2.73. The molecular weight excluding hydrogens is 240 g/mol. The van der Waals surface area contributed by atoms with Crippen molar-refractivity contribution in [2.24, 2.45) is 0 Å². The van der Waals surface area contributed by atoms with E-state index >= 15 is 0 Å². The standard InChI is InChI=1S/C8H9ClN2O3S/c9-6-5(7(12)13)15-8(10-6)11-1-3-14-4-2-11/h1-4H2,(H,12,13). The van der Waals surface area contributed by atoms with Crippen LogP contribution in [0.2, 0.25) is 5.15 Å². The highest BCUT2D eigenvalue weighted by atomic mass is 35.5. The molecule has 7 heteroatoms. The van der Waals surface area contributed by atoms with Crippen molar-refractivity contribution in [2.45, 2.75) is 0 Å². The van der Waals surface area contributed by atoms with E-state index in [0.717, 1.165) is 24.4 Å². The van der Waals surface area contributed by atoms with Crippen LogP contribution in [0.25, 0.3) is 0 Å². The van der Waals surface area contributed by atoms with E-state index in [-0.39, 0.29) is 10.0 Å². The average Bonchev–Trinajstić information content (AvgIpc) is 2.62. The lowest BCUT2D eigenvalue weighted by atomic mass is 10.5. The van der Waals surface area contributed by atoms with Crippen molar-refractivity contribution in [3.63, 3.8) is 0 Å². The van der Waals surface area contributed by atoms with E-state index < -0.39 is 5.97 Å². The second-order valence-electron chi connectivity index (χ2n) is 3.02. The Labute approximate surface area is 95.2 Å².